The van der Waals surface area contributed by atoms with Gasteiger partial charge in [-0.05, 0) is 31.0 Å². The van der Waals surface area contributed by atoms with Crippen molar-refractivity contribution >= 4 is 51.6 Å². The first kappa shape index (κ1) is 17.5. The number of benzene rings is 1. The summed E-state index contributed by atoms with van der Waals surface area (Å²) in [5, 5.41) is 0.958. The Bertz CT molecular complexity index is 850. The third kappa shape index (κ3) is 3.53. The molecule has 2 aromatic rings. The highest BCUT2D eigenvalue weighted by Gasteiger charge is 2.57. The molecule has 1 heterocycles. The molecule has 1 saturated carbocycles. The molecule has 8 heteroatoms. The number of hydrogen-bond acceptors (Lipinski definition) is 3. The number of aromatic amines is 1. The molecule has 1 aromatic heterocycles. The van der Waals surface area contributed by atoms with Gasteiger partial charge in [-0.2, -0.15) is 0 Å². The van der Waals surface area contributed by atoms with E-state index in [0.29, 0.717) is 34.7 Å². The Kier molecular flexibility index (Phi) is 4.78. The first-order valence-electron chi connectivity index (χ1n) is 7.67. The van der Waals surface area contributed by atoms with Gasteiger partial charge in [0.05, 0.1) is 23.4 Å². The average Bonchev–Trinajstić information content (AvgIpc) is 3.14. The molecule has 1 aliphatic rings. The van der Waals surface area contributed by atoms with Crippen LogP contribution < -0.4 is 5.56 Å². The van der Waals surface area contributed by atoms with Gasteiger partial charge in [0.2, 0.25) is 5.91 Å². The van der Waals surface area contributed by atoms with Crippen LogP contribution in [0.5, 0.6) is 0 Å². The molecule has 0 radical (unpaired) electrons. The summed E-state index contributed by atoms with van der Waals surface area (Å²) in [6, 6.07) is 4.90. The highest BCUT2D eigenvalue weighted by Crippen LogP contribution is 2.54. The smallest absolute Gasteiger partial charge is 0.258 e. The highest BCUT2D eigenvalue weighted by molar-refractivity contribution is 6.52. The van der Waals surface area contributed by atoms with Crippen molar-refractivity contribution in [3.63, 3.8) is 0 Å². The second-order valence-electron chi connectivity index (χ2n) is 5.95. The quantitative estimate of drug-likeness (QED) is 0.797. The summed E-state index contributed by atoms with van der Waals surface area (Å²) in [5.41, 5.74) is 0.242. The number of carbonyl (C=O) groups excluding carboxylic acids is 1. The van der Waals surface area contributed by atoms with Gasteiger partial charge in [-0.1, -0.05) is 18.5 Å². The molecular formula is C16H16Cl3N3O2. The number of H-pyrrole nitrogens is 1. The lowest BCUT2D eigenvalue weighted by Crippen LogP contribution is -2.35. The Morgan fingerprint density at radius 3 is 2.79 bits per heavy atom. The average molecular weight is 389 g/mol. The second kappa shape index (κ2) is 6.54. The SMILES string of the molecule is CCCN(Cc1nc2cc(Cl)ccc2c(=O)[nH]1)C(=O)C1CC1(Cl)Cl. The molecule has 0 aliphatic heterocycles. The van der Waals surface area contributed by atoms with Gasteiger partial charge < -0.3 is 9.88 Å². The molecule has 1 unspecified atom stereocenters. The summed E-state index contributed by atoms with van der Waals surface area (Å²) >= 11 is 18.0. The lowest BCUT2D eigenvalue weighted by molar-refractivity contribution is -0.133. The number of rotatable bonds is 5. The van der Waals surface area contributed by atoms with Crippen molar-refractivity contribution < 1.29 is 4.79 Å². The first-order chi connectivity index (χ1) is 11.3. The monoisotopic (exact) mass is 387 g/mol. The molecule has 1 fully saturated rings. The third-order valence-electron chi connectivity index (χ3n) is 3.99. The number of aromatic nitrogens is 2. The minimum absolute atomic E-state index is 0.115. The van der Waals surface area contributed by atoms with Crippen molar-refractivity contribution in [3.8, 4) is 0 Å². The van der Waals surface area contributed by atoms with Crippen LogP contribution in [0.3, 0.4) is 0 Å². The van der Waals surface area contributed by atoms with Gasteiger partial charge in [-0.25, -0.2) is 4.98 Å². The number of hydrogen-bond donors (Lipinski definition) is 1. The third-order valence-corrected chi connectivity index (χ3v) is 5.06. The Hall–Kier alpha value is -1.30. The van der Waals surface area contributed by atoms with Crippen LogP contribution >= 0.6 is 34.8 Å². The maximum absolute atomic E-state index is 12.5. The van der Waals surface area contributed by atoms with E-state index in [1.165, 1.54) is 0 Å². The fraction of sp³-hybridized carbons (Fsp3) is 0.438. The Morgan fingerprint density at radius 1 is 1.46 bits per heavy atom. The van der Waals surface area contributed by atoms with E-state index in [2.05, 4.69) is 9.97 Å². The fourth-order valence-corrected chi connectivity index (χ4v) is 3.32. The lowest BCUT2D eigenvalue weighted by atomic mass is 10.2. The molecule has 1 amide bonds. The minimum Gasteiger partial charge on any atom is -0.335 e. The summed E-state index contributed by atoms with van der Waals surface area (Å²) < 4.78 is -0.971. The van der Waals surface area contributed by atoms with Crippen molar-refractivity contribution in [1.82, 2.24) is 14.9 Å². The minimum atomic E-state index is -0.971. The Labute approximate surface area is 153 Å². The maximum Gasteiger partial charge on any atom is 0.258 e. The number of amides is 1. The van der Waals surface area contributed by atoms with Crippen molar-refractivity contribution in [3.05, 3.63) is 39.4 Å². The normalized spacial score (nSPS) is 18.6. The molecule has 0 saturated heterocycles. The van der Waals surface area contributed by atoms with Gasteiger partial charge in [-0.15, -0.1) is 23.2 Å². The van der Waals surface area contributed by atoms with Gasteiger partial charge in [0.1, 0.15) is 10.2 Å². The Morgan fingerprint density at radius 2 is 2.17 bits per heavy atom. The topological polar surface area (TPSA) is 66.1 Å². The predicted molar refractivity (Wildman–Crippen MR) is 95.6 cm³/mol. The van der Waals surface area contributed by atoms with E-state index in [9.17, 15) is 9.59 Å². The first-order valence-corrected chi connectivity index (χ1v) is 8.80. The van der Waals surface area contributed by atoms with Gasteiger partial charge in [0, 0.05) is 11.6 Å². The summed E-state index contributed by atoms with van der Waals surface area (Å²) in [6.07, 6.45) is 1.23. The zero-order valence-electron chi connectivity index (χ0n) is 13.0. The van der Waals surface area contributed by atoms with Crippen LogP contribution in [0.4, 0.5) is 0 Å². The van der Waals surface area contributed by atoms with E-state index < -0.39 is 10.3 Å². The number of fused-ring (bicyclic) bond motifs is 1. The van der Waals surface area contributed by atoms with Gasteiger partial charge >= 0.3 is 0 Å². The van der Waals surface area contributed by atoms with Crippen LogP contribution in [0, 0.1) is 5.92 Å². The molecule has 3 rings (SSSR count). The van der Waals surface area contributed by atoms with Crippen molar-refractivity contribution in [2.24, 2.45) is 5.92 Å². The Balaban J connectivity index is 1.88. The summed E-state index contributed by atoms with van der Waals surface area (Å²) in [4.78, 5) is 33.5. The molecule has 1 aliphatic carbocycles. The van der Waals surface area contributed by atoms with Gasteiger partial charge in [0.15, 0.2) is 0 Å². The van der Waals surface area contributed by atoms with E-state index in [4.69, 9.17) is 34.8 Å². The van der Waals surface area contributed by atoms with Crippen molar-refractivity contribution in [2.75, 3.05) is 6.54 Å². The number of nitrogens with zero attached hydrogens (tertiary/aromatic N) is 2. The van der Waals surface area contributed by atoms with Crippen molar-refractivity contribution in [1.29, 1.82) is 0 Å². The van der Waals surface area contributed by atoms with E-state index in [1.807, 2.05) is 6.92 Å². The highest BCUT2D eigenvalue weighted by atomic mass is 35.5. The van der Waals surface area contributed by atoms with Crippen molar-refractivity contribution in [2.45, 2.75) is 30.6 Å². The van der Waals surface area contributed by atoms with E-state index in [1.54, 1.807) is 23.1 Å². The van der Waals surface area contributed by atoms with Gasteiger partial charge in [-0.3, -0.25) is 9.59 Å². The maximum atomic E-state index is 12.5. The van der Waals surface area contributed by atoms with E-state index >= 15 is 0 Å². The number of nitrogens with one attached hydrogen (secondary N) is 1. The van der Waals surface area contributed by atoms with E-state index in [0.717, 1.165) is 6.42 Å². The van der Waals surface area contributed by atoms with Crippen LogP contribution in [0.25, 0.3) is 10.9 Å². The summed E-state index contributed by atoms with van der Waals surface area (Å²) in [7, 11) is 0. The number of alkyl halides is 2. The predicted octanol–water partition coefficient (Wildman–Crippen LogP) is 3.51. The van der Waals surface area contributed by atoms with E-state index in [-0.39, 0.29) is 18.0 Å². The van der Waals surface area contributed by atoms with Crippen LogP contribution in [-0.4, -0.2) is 31.7 Å². The van der Waals surface area contributed by atoms with Crippen LogP contribution in [0.1, 0.15) is 25.6 Å². The molecule has 0 spiro atoms. The molecule has 1 N–H and O–H groups in total. The zero-order chi connectivity index (χ0) is 17.5. The molecule has 0 bridgehead atoms. The van der Waals surface area contributed by atoms with Crippen LogP contribution in [-0.2, 0) is 11.3 Å². The zero-order valence-corrected chi connectivity index (χ0v) is 15.3. The summed E-state index contributed by atoms with van der Waals surface area (Å²) in [6.45, 7) is 2.71. The summed E-state index contributed by atoms with van der Waals surface area (Å²) in [5.74, 6) is -0.100. The lowest BCUT2D eigenvalue weighted by Gasteiger charge is -2.22. The molecule has 1 aromatic carbocycles. The van der Waals surface area contributed by atoms with Crippen LogP contribution in [0.2, 0.25) is 5.02 Å². The largest absolute Gasteiger partial charge is 0.335 e. The molecule has 24 heavy (non-hydrogen) atoms. The molecule has 5 nitrogen and oxygen atoms in total. The number of carbonyl (C=O) groups is 1. The number of halogens is 3. The molecule has 1 atom stereocenters. The second-order valence-corrected chi connectivity index (χ2v) is 7.93. The fourth-order valence-electron chi connectivity index (χ4n) is 2.66. The van der Waals surface area contributed by atoms with Crippen LogP contribution in [0.15, 0.2) is 23.0 Å². The molecular weight excluding hydrogens is 373 g/mol. The molecule has 128 valence electrons. The standard InChI is InChI=1S/C16H16Cl3N3O2/c1-2-5-22(15(24)11-7-16(11,18)19)8-13-20-12-6-9(17)3-4-10(12)14(23)21-13/h3-4,6,11H,2,5,7-8H2,1H3,(H,20,21,23). The van der Waals surface area contributed by atoms with Gasteiger partial charge in [0.25, 0.3) is 5.56 Å².